The van der Waals surface area contributed by atoms with Gasteiger partial charge in [0.1, 0.15) is 11.6 Å². The molecule has 2 aromatic rings. The number of benzene rings is 1. The number of para-hydroxylation sites is 2. The van der Waals surface area contributed by atoms with E-state index < -0.39 is 0 Å². The molecule has 0 fully saturated rings. The number of rotatable bonds is 5. The third-order valence-electron chi connectivity index (χ3n) is 2.61. The van der Waals surface area contributed by atoms with Crippen LogP contribution in [0.2, 0.25) is 0 Å². The highest BCUT2D eigenvalue weighted by Gasteiger charge is 2.07. The lowest BCUT2D eigenvalue weighted by atomic mass is 10.2. The van der Waals surface area contributed by atoms with Crippen LogP contribution >= 0.6 is 0 Å². The summed E-state index contributed by atoms with van der Waals surface area (Å²) in [5.41, 5.74) is 7.58. The first-order valence-electron chi connectivity index (χ1n) is 6.37. The highest BCUT2D eigenvalue weighted by atomic mass is 16.5. The molecule has 1 aromatic heterocycles. The van der Waals surface area contributed by atoms with Crippen molar-refractivity contribution in [3.63, 3.8) is 0 Å². The first kappa shape index (κ1) is 13.4. The van der Waals surface area contributed by atoms with Gasteiger partial charge in [0.25, 0.3) is 0 Å². The quantitative estimate of drug-likeness (QED) is 0.864. The van der Waals surface area contributed by atoms with Crippen LogP contribution in [0.25, 0.3) is 0 Å². The SMILES string of the molecule is CC(C)Oc1ccccc1Nc1ncccc1CN. The van der Waals surface area contributed by atoms with E-state index in [0.29, 0.717) is 6.54 Å². The summed E-state index contributed by atoms with van der Waals surface area (Å²) in [5, 5.41) is 3.28. The number of aromatic nitrogens is 1. The molecule has 2 rings (SSSR count). The fourth-order valence-electron chi connectivity index (χ4n) is 1.77. The summed E-state index contributed by atoms with van der Waals surface area (Å²) in [5.74, 6) is 1.58. The molecule has 0 aliphatic heterocycles. The van der Waals surface area contributed by atoms with Crippen molar-refractivity contribution in [2.45, 2.75) is 26.5 Å². The van der Waals surface area contributed by atoms with Crippen LogP contribution in [0.5, 0.6) is 5.75 Å². The molecule has 19 heavy (non-hydrogen) atoms. The minimum absolute atomic E-state index is 0.126. The summed E-state index contributed by atoms with van der Waals surface area (Å²) in [6.07, 6.45) is 1.87. The van der Waals surface area contributed by atoms with Gasteiger partial charge in [-0.1, -0.05) is 18.2 Å². The summed E-state index contributed by atoms with van der Waals surface area (Å²) in [6, 6.07) is 11.6. The molecule has 3 N–H and O–H groups in total. The van der Waals surface area contributed by atoms with Gasteiger partial charge in [-0.25, -0.2) is 4.98 Å². The van der Waals surface area contributed by atoms with E-state index in [9.17, 15) is 0 Å². The highest BCUT2D eigenvalue weighted by molar-refractivity contribution is 5.65. The van der Waals surface area contributed by atoms with Crippen LogP contribution in [0.4, 0.5) is 11.5 Å². The van der Waals surface area contributed by atoms with Gasteiger partial charge < -0.3 is 15.8 Å². The van der Waals surface area contributed by atoms with E-state index in [1.807, 2.05) is 50.2 Å². The lowest BCUT2D eigenvalue weighted by molar-refractivity contribution is 0.244. The van der Waals surface area contributed by atoms with Crippen molar-refractivity contribution in [1.29, 1.82) is 0 Å². The van der Waals surface area contributed by atoms with Gasteiger partial charge in [0.05, 0.1) is 11.8 Å². The minimum Gasteiger partial charge on any atom is -0.489 e. The minimum atomic E-state index is 0.126. The van der Waals surface area contributed by atoms with Crippen molar-refractivity contribution < 1.29 is 4.74 Å². The first-order chi connectivity index (χ1) is 9.20. The monoisotopic (exact) mass is 257 g/mol. The molecule has 0 spiro atoms. The van der Waals surface area contributed by atoms with Gasteiger partial charge >= 0.3 is 0 Å². The summed E-state index contributed by atoms with van der Waals surface area (Å²) in [4.78, 5) is 4.32. The van der Waals surface area contributed by atoms with Gasteiger partial charge in [0.15, 0.2) is 0 Å². The van der Waals surface area contributed by atoms with Gasteiger partial charge in [-0.15, -0.1) is 0 Å². The van der Waals surface area contributed by atoms with Crippen molar-refractivity contribution in [3.05, 3.63) is 48.2 Å². The topological polar surface area (TPSA) is 60.2 Å². The Labute approximate surface area is 113 Å². The molecular formula is C15H19N3O. The molecule has 0 aliphatic carbocycles. The molecule has 0 amide bonds. The molecule has 100 valence electrons. The van der Waals surface area contributed by atoms with Crippen LogP contribution in [0.15, 0.2) is 42.6 Å². The molecule has 0 saturated carbocycles. The highest BCUT2D eigenvalue weighted by Crippen LogP contribution is 2.28. The normalized spacial score (nSPS) is 10.5. The Morgan fingerprint density at radius 3 is 2.74 bits per heavy atom. The zero-order chi connectivity index (χ0) is 13.7. The van der Waals surface area contributed by atoms with Crippen LogP contribution in [-0.2, 0) is 6.54 Å². The van der Waals surface area contributed by atoms with E-state index in [4.69, 9.17) is 10.5 Å². The molecule has 1 aromatic carbocycles. The van der Waals surface area contributed by atoms with Crippen LogP contribution < -0.4 is 15.8 Å². The van der Waals surface area contributed by atoms with E-state index in [2.05, 4.69) is 10.3 Å². The Morgan fingerprint density at radius 2 is 2.00 bits per heavy atom. The number of hydrogen-bond donors (Lipinski definition) is 2. The predicted molar refractivity (Wildman–Crippen MR) is 77.6 cm³/mol. The maximum atomic E-state index is 5.77. The lowest BCUT2D eigenvalue weighted by Gasteiger charge is -2.16. The van der Waals surface area contributed by atoms with Crippen LogP contribution in [0.1, 0.15) is 19.4 Å². The Morgan fingerprint density at radius 1 is 1.21 bits per heavy atom. The average molecular weight is 257 g/mol. The molecule has 0 radical (unpaired) electrons. The van der Waals surface area contributed by atoms with E-state index in [1.54, 1.807) is 6.20 Å². The summed E-state index contributed by atoms with van der Waals surface area (Å²) in [7, 11) is 0. The van der Waals surface area contributed by atoms with Crippen LogP contribution in [0, 0.1) is 0 Å². The fourth-order valence-corrected chi connectivity index (χ4v) is 1.77. The summed E-state index contributed by atoms with van der Waals surface area (Å²) >= 11 is 0. The van der Waals surface area contributed by atoms with E-state index >= 15 is 0 Å². The van der Waals surface area contributed by atoms with Gasteiger partial charge in [0, 0.05) is 18.3 Å². The molecule has 1 heterocycles. The zero-order valence-electron chi connectivity index (χ0n) is 11.3. The van der Waals surface area contributed by atoms with Crippen molar-refractivity contribution >= 4 is 11.5 Å². The molecule has 0 saturated heterocycles. The molecule has 0 unspecified atom stereocenters. The molecule has 0 aliphatic rings. The third-order valence-corrected chi connectivity index (χ3v) is 2.61. The maximum Gasteiger partial charge on any atom is 0.143 e. The summed E-state index contributed by atoms with van der Waals surface area (Å²) in [6.45, 7) is 4.45. The number of ether oxygens (including phenoxy) is 1. The Hall–Kier alpha value is -2.07. The van der Waals surface area contributed by atoms with Gasteiger partial charge in [-0.3, -0.25) is 0 Å². The Bertz CT molecular complexity index is 540. The lowest BCUT2D eigenvalue weighted by Crippen LogP contribution is -2.08. The Balaban J connectivity index is 2.27. The second-order valence-electron chi connectivity index (χ2n) is 4.50. The predicted octanol–water partition coefficient (Wildman–Crippen LogP) is 3.07. The molecular weight excluding hydrogens is 238 g/mol. The van der Waals surface area contributed by atoms with Crippen molar-refractivity contribution in [2.24, 2.45) is 5.73 Å². The van der Waals surface area contributed by atoms with E-state index in [-0.39, 0.29) is 6.10 Å². The number of pyridine rings is 1. The fraction of sp³-hybridized carbons (Fsp3) is 0.267. The Kier molecular flexibility index (Phi) is 4.36. The standard InChI is InChI=1S/C15H19N3O/c1-11(2)19-14-8-4-3-7-13(14)18-15-12(10-16)6-5-9-17-15/h3-9,11H,10,16H2,1-2H3,(H,17,18). The zero-order valence-corrected chi connectivity index (χ0v) is 11.3. The average Bonchev–Trinajstić information content (AvgIpc) is 2.41. The van der Waals surface area contributed by atoms with E-state index in [1.165, 1.54) is 0 Å². The second-order valence-corrected chi connectivity index (χ2v) is 4.50. The number of nitrogens with one attached hydrogen (secondary N) is 1. The van der Waals surface area contributed by atoms with Gasteiger partial charge in [-0.2, -0.15) is 0 Å². The number of nitrogens with two attached hydrogens (primary N) is 1. The van der Waals surface area contributed by atoms with Crippen LogP contribution in [-0.4, -0.2) is 11.1 Å². The maximum absolute atomic E-state index is 5.77. The number of nitrogens with zero attached hydrogens (tertiary/aromatic N) is 1. The largest absolute Gasteiger partial charge is 0.489 e. The van der Waals surface area contributed by atoms with Gasteiger partial charge in [0.2, 0.25) is 0 Å². The molecule has 0 bridgehead atoms. The first-order valence-corrected chi connectivity index (χ1v) is 6.37. The smallest absolute Gasteiger partial charge is 0.143 e. The van der Waals surface area contributed by atoms with Crippen molar-refractivity contribution in [3.8, 4) is 5.75 Å². The third kappa shape index (κ3) is 3.45. The molecule has 4 heteroatoms. The number of anilines is 2. The molecule has 0 atom stereocenters. The van der Waals surface area contributed by atoms with Crippen molar-refractivity contribution in [1.82, 2.24) is 4.98 Å². The summed E-state index contributed by atoms with van der Waals surface area (Å²) < 4.78 is 5.77. The van der Waals surface area contributed by atoms with E-state index in [0.717, 1.165) is 22.8 Å². The van der Waals surface area contributed by atoms with Gasteiger partial charge in [-0.05, 0) is 32.0 Å². The number of hydrogen-bond acceptors (Lipinski definition) is 4. The second kappa shape index (κ2) is 6.20. The van der Waals surface area contributed by atoms with Crippen LogP contribution in [0.3, 0.4) is 0 Å². The van der Waals surface area contributed by atoms with Crippen molar-refractivity contribution in [2.75, 3.05) is 5.32 Å². The molecule has 4 nitrogen and oxygen atoms in total.